The summed E-state index contributed by atoms with van der Waals surface area (Å²) < 4.78 is 0. The SMILES string of the molecule is Cc1cccc(C)c1Nc1cnnc(N2CCN(c3ccccn3)CC2)n1. The van der Waals surface area contributed by atoms with Crippen molar-refractivity contribution >= 4 is 23.3 Å². The number of para-hydroxylation sites is 1. The Morgan fingerprint density at radius 3 is 2.33 bits per heavy atom. The number of aryl methyl sites for hydroxylation is 2. The van der Waals surface area contributed by atoms with Gasteiger partial charge in [0.25, 0.3) is 0 Å². The van der Waals surface area contributed by atoms with Crippen LogP contribution in [0.3, 0.4) is 0 Å². The third-order valence-corrected chi connectivity index (χ3v) is 4.82. The van der Waals surface area contributed by atoms with Gasteiger partial charge in [0, 0.05) is 38.1 Å². The lowest BCUT2D eigenvalue weighted by Crippen LogP contribution is -2.47. The van der Waals surface area contributed by atoms with E-state index in [0.29, 0.717) is 11.8 Å². The number of aromatic nitrogens is 4. The summed E-state index contributed by atoms with van der Waals surface area (Å²) in [5.74, 6) is 2.39. The monoisotopic (exact) mass is 361 g/mol. The third-order valence-electron chi connectivity index (χ3n) is 4.82. The van der Waals surface area contributed by atoms with Gasteiger partial charge in [0.2, 0.25) is 5.95 Å². The molecule has 3 heterocycles. The Bertz CT molecular complexity index is 885. The molecule has 1 aliphatic rings. The van der Waals surface area contributed by atoms with E-state index >= 15 is 0 Å². The number of pyridine rings is 1. The number of nitrogens with zero attached hydrogens (tertiary/aromatic N) is 6. The highest BCUT2D eigenvalue weighted by atomic mass is 15.4. The van der Waals surface area contributed by atoms with E-state index in [0.717, 1.165) is 37.7 Å². The first-order valence-electron chi connectivity index (χ1n) is 9.14. The Hall–Kier alpha value is -3.22. The molecule has 0 spiro atoms. The van der Waals surface area contributed by atoms with E-state index in [1.807, 2.05) is 24.4 Å². The van der Waals surface area contributed by atoms with Gasteiger partial charge in [0.05, 0.1) is 6.20 Å². The molecular weight excluding hydrogens is 338 g/mol. The van der Waals surface area contributed by atoms with E-state index in [9.17, 15) is 0 Å². The van der Waals surface area contributed by atoms with E-state index in [1.54, 1.807) is 6.20 Å². The predicted molar refractivity (Wildman–Crippen MR) is 108 cm³/mol. The zero-order valence-corrected chi connectivity index (χ0v) is 15.6. The molecule has 0 bridgehead atoms. The molecule has 4 rings (SSSR count). The lowest BCUT2D eigenvalue weighted by Gasteiger charge is -2.35. The second kappa shape index (κ2) is 7.57. The van der Waals surface area contributed by atoms with Gasteiger partial charge in [0.15, 0.2) is 5.82 Å². The molecule has 27 heavy (non-hydrogen) atoms. The Labute approximate surface area is 159 Å². The highest BCUT2D eigenvalue weighted by molar-refractivity contribution is 5.64. The van der Waals surface area contributed by atoms with Crippen LogP contribution in [0.25, 0.3) is 0 Å². The van der Waals surface area contributed by atoms with Gasteiger partial charge in [-0.15, -0.1) is 5.10 Å². The number of rotatable bonds is 4. The topological polar surface area (TPSA) is 70.1 Å². The summed E-state index contributed by atoms with van der Waals surface area (Å²) in [6.07, 6.45) is 3.50. The molecule has 1 aromatic carbocycles. The first-order chi connectivity index (χ1) is 13.2. The summed E-state index contributed by atoms with van der Waals surface area (Å²) in [5.41, 5.74) is 3.43. The van der Waals surface area contributed by atoms with Crippen LogP contribution in [0.5, 0.6) is 0 Å². The summed E-state index contributed by atoms with van der Waals surface area (Å²) in [7, 11) is 0. The van der Waals surface area contributed by atoms with Crippen LogP contribution in [-0.4, -0.2) is 46.3 Å². The van der Waals surface area contributed by atoms with Gasteiger partial charge in [-0.2, -0.15) is 10.1 Å². The Balaban J connectivity index is 1.46. The van der Waals surface area contributed by atoms with E-state index in [1.165, 1.54) is 11.1 Å². The average Bonchev–Trinajstić information content (AvgIpc) is 2.72. The Morgan fingerprint density at radius 1 is 0.889 bits per heavy atom. The lowest BCUT2D eigenvalue weighted by molar-refractivity contribution is 0.630. The maximum Gasteiger partial charge on any atom is 0.247 e. The fraction of sp³-hybridized carbons (Fsp3) is 0.300. The summed E-state index contributed by atoms with van der Waals surface area (Å²) in [4.78, 5) is 13.6. The molecule has 3 aromatic rings. The zero-order chi connectivity index (χ0) is 18.6. The van der Waals surface area contributed by atoms with Gasteiger partial charge in [-0.05, 0) is 37.1 Å². The fourth-order valence-corrected chi connectivity index (χ4v) is 3.30. The van der Waals surface area contributed by atoms with Gasteiger partial charge in [-0.25, -0.2) is 4.98 Å². The quantitative estimate of drug-likeness (QED) is 0.766. The normalized spacial score (nSPS) is 14.3. The van der Waals surface area contributed by atoms with E-state index in [2.05, 4.69) is 67.3 Å². The second-order valence-electron chi connectivity index (χ2n) is 6.70. The van der Waals surface area contributed by atoms with Crippen molar-refractivity contribution in [3.8, 4) is 0 Å². The number of anilines is 4. The molecule has 7 heteroatoms. The van der Waals surface area contributed by atoms with E-state index < -0.39 is 0 Å². The maximum absolute atomic E-state index is 4.68. The zero-order valence-electron chi connectivity index (χ0n) is 15.6. The molecule has 138 valence electrons. The number of benzene rings is 1. The van der Waals surface area contributed by atoms with Crippen molar-refractivity contribution in [2.45, 2.75) is 13.8 Å². The van der Waals surface area contributed by atoms with Crippen LogP contribution in [-0.2, 0) is 0 Å². The molecule has 1 fully saturated rings. The van der Waals surface area contributed by atoms with Crippen molar-refractivity contribution in [2.75, 3.05) is 41.3 Å². The largest absolute Gasteiger partial charge is 0.353 e. The van der Waals surface area contributed by atoms with Crippen molar-refractivity contribution in [3.63, 3.8) is 0 Å². The van der Waals surface area contributed by atoms with Crippen molar-refractivity contribution in [2.24, 2.45) is 0 Å². The van der Waals surface area contributed by atoms with Gasteiger partial charge >= 0.3 is 0 Å². The molecule has 0 saturated carbocycles. The van der Waals surface area contributed by atoms with Gasteiger partial charge in [-0.3, -0.25) is 0 Å². The van der Waals surface area contributed by atoms with Crippen LogP contribution in [0, 0.1) is 13.8 Å². The fourth-order valence-electron chi connectivity index (χ4n) is 3.30. The minimum atomic E-state index is 0.659. The minimum absolute atomic E-state index is 0.659. The molecule has 2 aromatic heterocycles. The number of nitrogens with one attached hydrogen (secondary N) is 1. The third kappa shape index (κ3) is 3.81. The summed E-state index contributed by atoms with van der Waals surface area (Å²) in [6, 6.07) is 12.2. The minimum Gasteiger partial charge on any atom is -0.353 e. The maximum atomic E-state index is 4.68. The van der Waals surface area contributed by atoms with Gasteiger partial charge in [-0.1, -0.05) is 24.3 Å². The molecule has 1 N–H and O–H groups in total. The molecular formula is C20H23N7. The molecule has 0 aliphatic carbocycles. The number of hydrogen-bond donors (Lipinski definition) is 1. The lowest BCUT2D eigenvalue weighted by atomic mass is 10.1. The van der Waals surface area contributed by atoms with Crippen LogP contribution >= 0.6 is 0 Å². The smallest absolute Gasteiger partial charge is 0.247 e. The molecule has 1 saturated heterocycles. The van der Waals surface area contributed by atoms with Gasteiger partial charge in [0.1, 0.15) is 5.82 Å². The molecule has 0 amide bonds. The second-order valence-corrected chi connectivity index (χ2v) is 6.70. The van der Waals surface area contributed by atoms with Crippen molar-refractivity contribution < 1.29 is 0 Å². The predicted octanol–water partition coefficient (Wildman–Crippen LogP) is 2.95. The van der Waals surface area contributed by atoms with Crippen LogP contribution in [0.2, 0.25) is 0 Å². The average molecular weight is 361 g/mol. The highest BCUT2D eigenvalue weighted by Crippen LogP contribution is 2.24. The number of piperazine rings is 1. The van der Waals surface area contributed by atoms with Gasteiger partial charge < -0.3 is 15.1 Å². The summed E-state index contributed by atoms with van der Waals surface area (Å²) in [5, 5.41) is 11.8. The van der Waals surface area contributed by atoms with Crippen molar-refractivity contribution in [1.82, 2.24) is 20.2 Å². The van der Waals surface area contributed by atoms with Crippen LogP contribution in [0.4, 0.5) is 23.3 Å². The van der Waals surface area contributed by atoms with E-state index in [-0.39, 0.29) is 0 Å². The number of hydrogen-bond acceptors (Lipinski definition) is 7. The molecule has 7 nitrogen and oxygen atoms in total. The van der Waals surface area contributed by atoms with E-state index in [4.69, 9.17) is 0 Å². The van der Waals surface area contributed by atoms with Crippen LogP contribution in [0.1, 0.15) is 11.1 Å². The standard InChI is InChI=1S/C20H23N7/c1-15-6-5-7-16(2)19(15)23-17-14-22-25-20(24-17)27-12-10-26(11-13-27)18-8-3-4-9-21-18/h3-9,14H,10-13H2,1-2H3,(H,23,24,25). The summed E-state index contributed by atoms with van der Waals surface area (Å²) >= 11 is 0. The molecule has 0 atom stereocenters. The first-order valence-corrected chi connectivity index (χ1v) is 9.14. The summed E-state index contributed by atoms with van der Waals surface area (Å²) in [6.45, 7) is 7.61. The Morgan fingerprint density at radius 2 is 1.63 bits per heavy atom. The molecule has 0 radical (unpaired) electrons. The van der Waals surface area contributed by atoms with Crippen molar-refractivity contribution in [1.29, 1.82) is 0 Å². The molecule has 0 unspecified atom stereocenters. The molecule has 1 aliphatic heterocycles. The Kier molecular flexibility index (Phi) is 4.82. The first kappa shape index (κ1) is 17.2. The van der Waals surface area contributed by atoms with Crippen LogP contribution < -0.4 is 15.1 Å². The highest BCUT2D eigenvalue weighted by Gasteiger charge is 2.20. The van der Waals surface area contributed by atoms with Crippen molar-refractivity contribution in [3.05, 3.63) is 59.9 Å². The van der Waals surface area contributed by atoms with Crippen LogP contribution in [0.15, 0.2) is 48.8 Å².